The second kappa shape index (κ2) is 9.17. The number of carbonyl (C=O) groups is 1. The molecule has 0 saturated carbocycles. The van der Waals surface area contributed by atoms with Gasteiger partial charge in [0.1, 0.15) is 0 Å². The van der Waals surface area contributed by atoms with Crippen molar-refractivity contribution in [1.82, 2.24) is 10.3 Å². The zero-order valence-electron chi connectivity index (χ0n) is 16.0. The molecule has 1 aromatic heterocycles. The molecule has 0 radical (unpaired) electrons. The fourth-order valence-electron chi connectivity index (χ4n) is 3.51. The van der Waals surface area contributed by atoms with Gasteiger partial charge < -0.3 is 10.3 Å². The second-order valence-corrected chi connectivity index (χ2v) is 6.96. The molecule has 0 aliphatic rings. The average Bonchev–Trinajstić information content (AvgIpc) is 3.13. The third-order valence-corrected chi connectivity index (χ3v) is 4.97. The SMILES string of the molecule is CCCCCNC(=O)CC(c1cccc([N+](=O)[O-])c1)c1c[nH]c2ccccc12. The van der Waals surface area contributed by atoms with Crippen molar-refractivity contribution in [2.75, 3.05) is 6.54 Å². The summed E-state index contributed by atoms with van der Waals surface area (Å²) in [6.07, 6.45) is 5.28. The lowest BCUT2D eigenvalue weighted by molar-refractivity contribution is -0.384. The molecule has 6 nitrogen and oxygen atoms in total. The first-order valence-electron chi connectivity index (χ1n) is 9.67. The Bertz CT molecular complexity index is 964. The van der Waals surface area contributed by atoms with Gasteiger partial charge >= 0.3 is 0 Å². The molecule has 1 amide bonds. The lowest BCUT2D eigenvalue weighted by Crippen LogP contribution is -2.26. The molecule has 3 rings (SSSR count). The van der Waals surface area contributed by atoms with E-state index >= 15 is 0 Å². The van der Waals surface area contributed by atoms with Crippen molar-refractivity contribution in [3.63, 3.8) is 0 Å². The minimum atomic E-state index is -0.402. The van der Waals surface area contributed by atoms with Crippen molar-refractivity contribution in [1.29, 1.82) is 0 Å². The lowest BCUT2D eigenvalue weighted by Gasteiger charge is -2.17. The van der Waals surface area contributed by atoms with Crippen LogP contribution >= 0.6 is 0 Å². The summed E-state index contributed by atoms with van der Waals surface area (Å²) in [7, 11) is 0. The minimum Gasteiger partial charge on any atom is -0.361 e. The number of aromatic nitrogens is 1. The van der Waals surface area contributed by atoms with Gasteiger partial charge in [-0.1, -0.05) is 50.1 Å². The summed E-state index contributed by atoms with van der Waals surface area (Å²) in [5, 5.41) is 15.2. The molecule has 2 N–H and O–H groups in total. The zero-order chi connectivity index (χ0) is 19.9. The maximum Gasteiger partial charge on any atom is 0.269 e. The standard InChI is InChI=1S/C22H25N3O3/c1-2-3-6-12-23-22(26)14-19(16-8-7-9-17(13-16)25(27)28)20-15-24-21-11-5-4-10-18(20)21/h4-5,7-11,13,15,19,24H,2-3,6,12,14H2,1H3,(H,23,26). The number of hydrogen-bond donors (Lipinski definition) is 2. The van der Waals surface area contributed by atoms with Gasteiger partial charge in [-0.2, -0.15) is 0 Å². The van der Waals surface area contributed by atoms with Crippen LogP contribution in [0.25, 0.3) is 10.9 Å². The number of nitrogens with zero attached hydrogens (tertiary/aromatic N) is 1. The third kappa shape index (κ3) is 4.57. The summed E-state index contributed by atoms with van der Waals surface area (Å²) >= 11 is 0. The first kappa shape index (κ1) is 19.6. The fraction of sp³-hybridized carbons (Fsp3) is 0.318. The molecule has 2 aromatic carbocycles. The highest BCUT2D eigenvalue weighted by molar-refractivity contribution is 5.86. The molecular formula is C22H25N3O3. The molecule has 1 heterocycles. The van der Waals surface area contributed by atoms with E-state index in [-0.39, 0.29) is 23.9 Å². The van der Waals surface area contributed by atoms with E-state index in [4.69, 9.17) is 0 Å². The van der Waals surface area contributed by atoms with Gasteiger partial charge in [-0.05, 0) is 23.6 Å². The zero-order valence-corrected chi connectivity index (χ0v) is 16.0. The Labute approximate surface area is 164 Å². The Kier molecular flexibility index (Phi) is 6.42. The van der Waals surface area contributed by atoms with Gasteiger partial charge in [-0.25, -0.2) is 0 Å². The quantitative estimate of drug-likeness (QED) is 0.315. The predicted molar refractivity (Wildman–Crippen MR) is 110 cm³/mol. The summed E-state index contributed by atoms with van der Waals surface area (Å²) in [4.78, 5) is 26.6. The first-order chi connectivity index (χ1) is 13.6. The monoisotopic (exact) mass is 379 g/mol. The topological polar surface area (TPSA) is 88.0 Å². The smallest absolute Gasteiger partial charge is 0.269 e. The van der Waals surface area contributed by atoms with Gasteiger partial charge in [0.15, 0.2) is 0 Å². The number of H-pyrrole nitrogens is 1. The van der Waals surface area contributed by atoms with Crippen molar-refractivity contribution in [2.45, 2.75) is 38.5 Å². The molecule has 1 atom stereocenters. The molecule has 0 aliphatic heterocycles. The van der Waals surface area contributed by atoms with E-state index in [1.54, 1.807) is 12.1 Å². The van der Waals surface area contributed by atoms with Crippen LogP contribution in [0.3, 0.4) is 0 Å². The Balaban J connectivity index is 1.91. The number of non-ortho nitro benzene ring substituents is 1. The van der Waals surface area contributed by atoms with Crippen LogP contribution in [0.1, 0.15) is 49.7 Å². The molecular weight excluding hydrogens is 354 g/mol. The second-order valence-electron chi connectivity index (χ2n) is 6.96. The minimum absolute atomic E-state index is 0.0331. The highest BCUT2D eigenvalue weighted by Gasteiger charge is 2.23. The number of amides is 1. The molecule has 3 aromatic rings. The first-order valence-corrected chi connectivity index (χ1v) is 9.67. The van der Waals surface area contributed by atoms with Crippen LogP contribution in [0.4, 0.5) is 5.69 Å². The normalized spacial score (nSPS) is 12.0. The highest BCUT2D eigenvalue weighted by Crippen LogP contribution is 2.34. The number of carbonyl (C=O) groups excluding carboxylic acids is 1. The summed E-state index contributed by atoms with van der Waals surface area (Å²) in [6.45, 7) is 2.78. The molecule has 0 saturated heterocycles. The molecule has 28 heavy (non-hydrogen) atoms. The molecule has 0 aliphatic carbocycles. The van der Waals surface area contributed by atoms with Crippen LogP contribution in [0.5, 0.6) is 0 Å². The third-order valence-electron chi connectivity index (χ3n) is 4.97. The maximum absolute atomic E-state index is 12.6. The van der Waals surface area contributed by atoms with Crippen LogP contribution in [0, 0.1) is 10.1 Å². The van der Waals surface area contributed by atoms with E-state index in [1.165, 1.54) is 6.07 Å². The number of benzene rings is 2. The van der Waals surface area contributed by atoms with Crippen molar-refractivity contribution in [3.05, 3.63) is 76.0 Å². The number of rotatable bonds is 9. The van der Waals surface area contributed by atoms with E-state index < -0.39 is 4.92 Å². The van der Waals surface area contributed by atoms with E-state index in [1.807, 2.05) is 36.5 Å². The van der Waals surface area contributed by atoms with E-state index in [9.17, 15) is 14.9 Å². The number of hydrogen-bond acceptors (Lipinski definition) is 3. The molecule has 146 valence electrons. The van der Waals surface area contributed by atoms with E-state index in [0.717, 1.165) is 41.3 Å². The Morgan fingerprint density at radius 2 is 2.00 bits per heavy atom. The molecule has 1 unspecified atom stereocenters. The van der Waals surface area contributed by atoms with E-state index in [0.29, 0.717) is 6.54 Å². The van der Waals surface area contributed by atoms with Crippen LogP contribution in [0.15, 0.2) is 54.7 Å². The summed E-state index contributed by atoms with van der Waals surface area (Å²) < 4.78 is 0. The van der Waals surface area contributed by atoms with Crippen LogP contribution in [0.2, 0.25) is 0 Å². The number of unbranched alkanes of at least 4 members (excludes halogenated alkanes) is 2. The van der Waals surface area contributed by atoms with Gasteiger partial charge in [-0.15, -0.1) is 0 Å². The van der Waals surface area contributed by atoms with Crippen molar-refractivity contribution in [3.8, 4) is 0 Å². The summed E-state index contributed by atoms with van der Waals surface area (Å²) in [6, 6.07) is 14.5. The van der Waals surface area contributed by atoms with Gasteiger partial charge in [0.25, 0.3) is 5.69 Å². The highest BCUT2D eigenvalue weighted by atomic mass is 16.6. The Morgan fingerprint density at radius 3 is 2.79 bits per heavy atom. The number of nitro groups is 1. The van der Waals surface area contributed by atoms with Gasteiger partial charge in [0.05, 0.1) is 4.92 Å². The largest absolute Gasteiger partial charge is 0.361 e. The molecule has 0 fully saturated rings. The molecule has 0 bridgehead atoms. The molecule has 0 spiro atoms. The van der Waals surface area contributed by atoms with Gasteiger partial charge in [0, 0.05) is 48.1 Å². The van der Waals surface area contributed by atoms with Crippen molar-refractivity contribution >= 4 is 22.5 Å². The maximum atomic E-state index is 12.6. The Morgan fingerprint density at radius 1 is 1.18 bits per heavy atom. The summed E-state index contributed by atoms with van der Waals surface area (Å²) in [5.74, 6) is -0.305. The average molecular weight is 379 g/mol. The van der Waals surface area contributed by atoms with Gasteiger partial charge in [-0.3, -0.25) is 14.9 Å². The predicted octanol–water partition coefficient (Wildman–Crippen LogP) is 4.90. The summed E-state index contributed by atoms with van der Waals surface area (Å²) in [5.41, 5.74) is 2.75. The van der Waals surface area contributed by atoms with Gasteiger partial charge in [0.2, 0.25) is 5.91 Å². The Hall–Kier alpha value is -3.15. The van der Waals surface area contributed by atoms with E-state index in [2.05, 4.69) is 17.2 Å². The number of nitrogens with one attached hydrogen (secondary N) is 2. The number of nitro benzene ring substituents is 1. The molecule has 6 heteroatoms. The van der Waals surface area contributed by atoms with Crippen LogP contribution < -0.4 is 5.32 Å². The number of para-hydroxylation sites is 1. The van der Waals surface area contributed by atoms with Crippen LogP contribution in [-0.2, 0) is 4.79 Å². The fourth-order valence-corrected chi connectivity index (χ4v) is 3.51. The lowest BCUT2D eigenvalue weighted by atomic mass is 9.87. The van der Waals surface area contributed by atoms with Crippen LogP contribution in [-0.4, -0.2) is 22.4 Å². The number of fused-ring (bicyclic) bond motifs is 1. The number of aromatic amines is 1. The van der Waals surface area contributed by atoms with Crippen molar-refractivity contribution < 1.29 is 9.72 Å². The van der Waals surface area contributed by atoms with Crippen molar-refractivity contribution in [2.24, 2.45) is 0 Å².